The lowest BCUT2D eigenvalue weighted by atomic mass is 9.99. The molecule has 2 N–H and O–H groups in total. The molecule has 2 unspecified atom stereocenters. The Kier molecular flexibility index (Phi) is 5.89. The van der Waals surface area contributed by atoms with E-state index < -0.39 is 17.7 Å². The molecule has 0 spiro atoms. The van der Waals surface area contributed by atoms with Crippen molar-refractivity contribution in [2.75, 3.05) is 19.8 Å². The number of aliphatic carboxylic acids is 1. The maximum Gasteiger partial charge on any atom is 0.312 e. The third-order valence-corrected chi connectivity index (χ3v) is 3.88. The van der Waals surface area contributed by atoms with E-state index in [1.54, 1.807) is 0 Å². The Bertz CT molecular complexity index is 511. The third-order valence-electron chi connectivity index (χ3n) is 3.88. The number of ether oxygens (including phenoxy) is 1. The van der Waals surface area contributed by atoms with Gasteiger partial charge < -0.3 is 15.2 Å². The summed E-state index contributed by atoms with van der Waals surface area (Å²) in [4.78, 5) is 23.1. The summed E-state index contributed by atoms with van der Waals surface area (Å²) in [5.41, 5.74) is 0.471. The molecule has 120 valence electrons. The second-order valence-electron chi connectivity index (χ2n) is 5.51. The smallest absolute Gasteiger partial charge is 0.312 e. The van der Waals surface area contributed by atoms with Crippen LogP contribution in [0.4, 0.5) is 4.39 Å². The van der Waals surface area contributed by atoms with Crippen molar-refractivity contribution in [3.05, 3.63) is 35.6 Å². The van der Waals surface area contributed by atoms with Crippen LogP contribution in [0.15, 0.2) is 24.3 Å². The Morgan fingerprint density at radius 2 is 2.09 bits per heavy atom. The average molecular weight is 309 g/mol. The fraction of sp³-hybridized carbons (Fsp3) is 0.500. The molecule has 2 atom stereocenters. The van der Waals surface area contributed by atoms with Gasteiger partial charge in [0.1, 0.15) is 5.82 Å². The molecule has 1 heterocycles. The van der Waals surface area contributed by atoms with Crippen molar-refractivity contribution >= 4 is 11.9 Å². The summed E-state index contributed by atoms with van der Waals surface area (Å²) in [6, 6.07) is 5.28. The fourth-order valence-corrected chi connectivity index (χ4v) is 2.49. The van der Waals surface area contributed by atoms with Gasteiger partial charge in [0.25, 0.3) is 0 Å². The first kappa shape index (κ1) is 16.4. The van der Waals surface area contributed by atoms with Crippen LogP contribution in [0.2, 0.25) is 0 Å². The van der Waals surface area contributed by atoms with Crippen LogP contribution in [0, 0.1) is 11.7 Å². The summed E-state index contributed by atoms with van der Waals surface area (Å²) in [5.74, 6) is -2.09. The first-order chi connectivity index (χ1) is 10.6. The topological polar surface area (TPSA) is 75.6 Å². The van der Waals surface area contributed by atoms with E-state index in [9.17, 15) is 19.1 Å². The highest BCUT2D eigenvalue weighted by Crippen LogP contribution is 2.18. The second kappa shape index (κ2) is 7.89. The number of halogens is 1. The van der Waals surface area contributed by atoms with Crippen molar-refractivity contribution in [2.24, 2.45) is 5.92 Å². The molecule has 22 heavy (non-hydrogen) atoms. The van der Waals surface area contributed by atoms with Crippen molar-refractivity contribution in [1.29, 1.82) is 0 Å². The summed E-state index contributed by atoms with van der Waals surface area (Å²) < 4.78 is 18.1. The van der Waals surface area contributed by atoms with E-state index >= 15 is 0 Å². The molecule has 1 aliphatic rings. The highest BCUT2D eigenvalue weighted by Gasteiger charge is 2.21. The predicted octanol–water partition coefficient (Wildman–Crippen LogP) is 1.93. The number of benzene rings is 1. The Morgan fingerprint density at radius 1 is 1.36 bits per heavy atom. The summed E-state index contributed by atoms with van der Waals surface area (Å²) in [6.45, 7) is 1.44. The average Bonchev–Trinajstić information content (AvgIpc) is 3.00. The van der Waals surface area contributed by atoms with Crippen LogP contribution in [-0.4, -0.2) is 36.7 Å². The van der Waals surface area contributed by atoms with E-state index in [4.69, 9.17) is 4.74 Å². The SMILES string of the molecule is O=C(CCC1CCOC1)NCC(C(=O)O)c1ccc(F)cc1. The van der Waals surface area contributed by atoms with Crippen LogP contribution in [0.5, 0.6) is 0 Å². The molecule has 1 aliphatic heterocycles. The molecule has 2 rings (SSSR count). The minimum absolute atomic E-state index is 0.000958. The standard InChI is InChI=1S/C16H20FNO4/c17-13-4-2-12(3-5-13)14(16(20)21)9-18-15(19)6-1-11-7-8-22-10-11/h2-5,11,14H,1,6-10H2,(H,18,19)(H,20,21). The molecular formula is C16H20FNO4. The van der Waals surface area contributed by atoms with Crippen LogP contribution < -0.4 is 5.32 Å². The summed E-state index contributed by atoms with van der Waals surface area (Å²) in [7, 11) is 0. The highest BCUT2D eigenvalue weighted by atomic mass is 19.1. The van der Waals surface area contributed by atoms with Crippen LogP contribution in [-0.2, 0) is 14.3 Å². The van der Waals surface area contributed by atoms with E-state index in [1.807, 2.05) is 0 Å². The Labute approximate surface area is 128 Å². The zero-order valence-corrected chi connectivity index (χ0v) is 12.3. The lowest BCUT2D eigenvalue weighted by Gasteiger charge is -2.14. The summed E-state index contributed by atoms with van der Waals surface area (Å²) >= 11 is 0. The van der Waals surface area contributed by atoms with Gasteiger partial charge in [-0.1, -0.05) is 12.1 Å². The maximum absolute atomic E-state index is 12.9. The maximum atomic E-state index is 12.9. The molecule has 5 nitrogen and oxygen atoms in total. The van der Waals surface area contributed by atoms with Gasteiger partial charge in [-0.3, -0.25) is 9.59 Å². The van der Waals surface area contributed by atoms with Crippen molar-refractivity contribution in [2.45, 2.75) is 25.2 Å². The van der Waals surface area contributed by atoms with Gasteiger partial charge in [0.2, 0.25) is 5.91 Å². The molecule has 1 fully saturated rings. The highest BCUT2D eigenvalue weighted by molar-refractivity contribution is 5.79. The van der Waals surface area contributed by atoms with Crippen LogP contribution in [0.1, 0.15) is 30.7 Å². The van der Waals surface area contributed by atoms with Gasteiger partial charge in [0, 0.05) is 26.2 Å². The Morgan fingerprint density at radius 3 is 2.68 bits per heavy atom. The van der Waals surface area contributed by atoms with E-state index in [0.717, 1.165) is 19.4 Å². The number of hydrogen-bond donors (Lipinski definition) is 2. The van der Waals surface area contributed by atoms with Crippen LogP contribution in [0.25, 0.3) is 0 Å². The zero-order valence-electron chi connectivity index (χ0n) is 12.3. The lowest BCUT2D eigenvalue weighted by molar-refractivity contribution is -0.138. The lowest BCUT2D eigenvalue weighted by Crippen LogP contribution is -2.31. The quantitative estimate of drug-likeness (QED) is 0.807. The molecule has 1 amide bonds. The van der Waals surface area contributed by atoms with Gasteiger partial charge in [-0.15, -0.1) is 0 Å². The van der Waals surface area contributed by atoms with Crippen molar-refractivity contribution in [3.63, 3.8) is 0 Å². The number of rotatable bonds is 7. The molecule has 1 aromatic carbocycles. The minimum Gasteiger partial charge on any atom is -0.481 e. The first-order valence-electron chi connectivity index (χ1n) is 7.39. The van der Waals surface area contributed by atoms with Crippen molar-refractivity contribution < 1.29 is 23.8 Å². The first-order valence-corrected chi connectivity index (χ1v) is 7.39. The van der Waals surface area contributed by atoms with Crippen molar-refractivity contribution in [3.8, 4) is 0 Å². The summed E-state index contributed by atoms with van der Waals surface area (Å²) in [5, 5.41) is 11.9. The van der Waals surface area contributed by atoms with Gasteiger partial charge in [-0.25, -0.2) is 4.39 Å². The Balaban J connectivity index is 1.82. The predicted molar refractivity (Wildman–Crippen MR) is 77.9 cm³/mol. The summed E-state index contributed by atoms with van der Waals surface area (Å²) in [6.07, 6.45) is 2.09. The normalized spacial score (nSPS) is 18.9. The number of carboxylic acids is 1. The van der Waals surface area contributed by atoms with Gasteiger partial charge in [-0.2, -0.15) is 0 Å². The largest absolute Gasteiger partial charge is 0.481 e. The Hall–Kier alpha value is -1.95. The second-order valence-corrected chi connectivity index (χ2v) is 5.51. The molecule has 1 saturated heterocycles. The molecule has 0 aromatic heterocycles. The van der Waals surface area contributed by atoms with E-state index in [0.29, 0.717) is 24.5 Å². The van der Waals surface area contributed by atoms with E-state index in [-0.39, 0.29) is 12.5 Å². The number of carbonyl (C=O) groups is 2. The van der Waals surface area contributed by atoms with Gasteiger partial charge in [0.05, 0.1) is 5.92 Å². The fourth-order valence-electron chi connectivity index (χ4n) is 2.49. The van der Waals surface area contributed by atoms with E-state index in [2.05, 4.69) is 5.32 Å². The number of amides is 1. The number of carbonyl (C=O) groups excluding carboxylic acids is 1. The third kappa shape index (κ3) is 4.80. The molecule has 0 bridgehead atoms. The van der Waals surface area contributed by atoms with Crippen LogP contribution in [0.3, 0.4) is 0 Å². The van der Waals surface area contributed by atoms with Gasteiger partial charge >= 0.3 is 5.97 Å². The monoisotopic (exact) mass is 309 g/mol. The molecule has 0 radical (unpaired) electrons. The van der Waals surface area contributed by atoms with E-state index in [1.165, 1.54) is 24.3 Å². The number of hydrogen-bond acceptors (Lipinski definition) is 3. The van der Waals surface area contributed by atoms with Crippen LogP contribution >= 0.6 is 0 Å². The zero-order chi connectivity index (χ0) is 15.9. The van der Waals surface area contributed by atoms with Crippen molar-refractivity contribution in [1.82, 2.24) is 5.32 Å². The number of nitrogens with one attached hydrogen (secondary N) is 1. The molecule has 1 aromatic rings. The van der Waals surface area contributed by atoms with Gasteiger partial charge in [0.15, 0.2) is 0 Å². The van der Waals surface area contributed by atoms with Gasteiger partial charge in [-0.05, 0) is 36.5 Å². The molecular weight excluding hydrogens is 289 g/mol. The molecule has 0 saturated carbocycles. The number of carboxylic acid groups (broad SMARTS) is 1. The minimum atomic E-state index is -1.05. The molecule has 0 aliphatic carbocycles. The molecule has 6 heteroatoms.